The summed E-state index contributed by atoms with van der Waals surface area (Å²) < 4.78 is 1.47. The third-order valence-corrected chi connectivity index (χ3v) is 10.5. The van der Waals surface area contributed by atoms with Gasteiger partial charge >= 0.3 is 180 Å². The van der Waals surface area contributed by atoms with E-state index in [0.29, 0.717) is 44.8 Å². The third-order valence-electron chi connectivity index (χ3n) is 8.34. The number of hydrogen-bond donors (Lipinski definition) is 0. The summed E-state index contributed by atoms with van der Waals surface area (Å²) in [6.07, 6.45) is 12.2. The van der Waals surface area contributed by atoms with Gasteiger partial charge in [-0.05, 0) is 0 Å². The monoisotopic (exact) mass is 454 g/mol. The number of fused-ring (bicyclic) bond motifs is 5. The van der Waals surface area contributed by atoms with Gasteiger partial charge in [0.25, 0.3) is 0 Å². The molecule has 1 aromatic rings. The summed E-state index contributed by atoms with van der Waals surface area (Å²) in [5.41, 5.74) is 2.99. The molecular weight excluding hydrogens is 423 g/mol. The van der Waals surface area contributed by atoms with E-state index in [1.165, 1.54) is 21.8 Å². The second kappa shape index (κ2) is 7.36. The molecule has 0 heterocycles. The van der Waals surface area contributed by atoms with E-state index in [0.717, 1.165) is 38.5 Å². The van der Waals surface area contributed by atoms with Crippen molar-refractivity contribution in [2.24, 2.45) is 22.7 Å². The van der Waals surface area contributed by atoms with Gasteiger partial charge in [0.15, 0.2) is 0 Å². The van der Waals surface area contributed by atoms with Crippen molar-refractivity contribution in [2.45, 2.75) is 63.6 Å². The summed E-state index contributed by atoms with van der Waals surface area (Å²) in [5, 5.41) is 1.22. The molecule has 2 saturated carbocycles. The number of Topliss-reactive ketones (excluding diaryl/α,β-unsaturated/α-hetero) is 1. The Bertz CT molecular complexity index is 899. The first-order chi connectivity index (χ1) is 14.0. The van der Waals surface area contributed by atoms with Crippen LogP contribution in [0.15, 0.2) is 53.6 Å². The van der Waals surface area contributed by atoms with Crippen LogP contribution in [0.1, 0.15) is 58.3 Å². The van der Waals surface area contributed by atoms with Crippen LogP contribution in [-0.4, -0.2) is 26.5 Å². The molecule has 0 aliphatic heterocycles. The van der Waals surface area contributed by atoms with Gasteiger partial charge in [0, 0.05) is 0 Å². The fraction of sp³-hybridized carbons (Fsp3) is 0.538. The van der Waals surface area contributed by atoms with Crippen LogP contribution in [0.5, 0.6) is 0 Å². The topological polar surface area (TPSA) is 34.1 Å². The van der Waals surface area contributed by atoms with Crippen LogP contribution >= 0.6 is 0 Å². The van der Waals surface area contributed by atoms with Crippen LogP contribution in [0.3, 0.4) is 0 Å². The van der Waals surface area contributed by atoms with Crippen molar-refractivity contribution < 1.29 is 9.59 Å². The van der Waals surface area contributed by atoms with Gasteiger partial charge in [-0.3, -0.25) is 0 Å². The van der Waals surface area contributed by atoms with Gasteiger partial charge in [0.2, 0.25) is 0 Å². The summed E-state index contributed by atoms with van der Waals surface area (Å²) in [6.45, 7) is 2.22. The van der Waals surface area contributed by atoms with Crippen molar-refractivity contribution in [3.05, 3.63) is 53.6 Å². The predicted octanol–water partition coefficient (Wildman–Crippen LogP) is 4.83. The first-order valence-electron chi connectivity index (χ1n) is 11.2. The predicted molar refractivity (Wildman–Crippen MR) is 117 cm³/mol. The first kappa shape index (κ1) is 19.5. The normalized spacial score (nSPS) is 36.0. The van der Waals surface area contributed by atoms with Crippen molar-refractivity contribution >= 4 is 31.0 Å². The number of rotatable bonds is 4. The molecule has 0 bridgehead atoms. The van der Waals surface area contributed by atoms with Crippen LogP contribution in [0.4, 0.5) is 0 Å². The van der Waals surface area contributed by atoms with E-state index < -0.39 is 0 Å². The van der Waals surface area contributed by atoms with Crippen LogP contribution < -0.4 is 4.46 Å². The van der Waals surface area contributed by atoms with Crippen LogP contribution in [0.2, 0.25) is 5.32 Å². The van der Waals surface area contributed by atoms with Crippen molar-refractivity contribution in [2.75, 3.05) is 0 Å². The summed E-state index contributed by atoms with van der Waals surface area (Å²) in [6, 6.07) is 10.9. The average Bonchev–Trinajstić information content (AvgIpc) is 3.04. The molecule has 0 spiro atoms. The van der Waals surface area contributed by atoms with Gasteiger partial charge in [0.05, 0.1) is 0 Å². The Morgan fingerprint density at radius 1 is 1.07 bits per heavy atom. The zero-order valence-corrected chi connectivity index (χ0v) is 19.0. The van der Waals surface area contributed by atoms with Crippen LogP contribution in [0.25, 0.3) is 0 Å². The summed E-state index contributed by atoms with van der Waals surface area (Å²) in [5.74, 6) is 1.87. The average molecular weight is 453 g/mol. The van der Waals surface area contributed by atoms with Crippen molar-refractivity contribution in [3.8, 4) is 0 Å². The van der Waals surface area contributed by atoms with Gasteiger partial charge in [-0.2, -0.15) is 0 Å². The molecule has 0 amide bonds. The quantitative estimate of drug-likeness (QED) is 0.484. The number of carbonyl (C=O) groups excluding carboxylic acids is 2. The Balaban J connectivity index is 1.47. The van der Waals surface area contributed by atoms with E-state index in [1.807, 2.05) is 6.08 Å². The summed E-state index contributed by atoms with van der Waals surface area (Å²) >= 11 is 0.475. The van der Waals surface area contributed by atoms with E-state index in [2.05, 4.69) is 43.3 Å². The molecule has 0 aromatic heterocycles. The number of hydrogen-bond acceptors (Lipinski definition) is 2. The van der Waals surface area contributed by atoms with E-state index in [4.69, 9.17) is 0 Å². The second-order valence-electron chi connectivity index (χ2n) is 9.62. The molecule has 29 heavy (non-hydrogen) atoms. The molecule has 0 N–H and O–H groups in total. The van der Waals surface area contributed by atoms with Gasteiger partial charge < -0.3 is 0 Å². The number of allylic oxidation sites excluding steroid dienone is 4. The van der Waals surface area contributed by atoms with Crippen molar-refractivity contribution in [3.63, 3.8) is 0 Å². The first-order valence-corrected chi connectivity index (χ1v) is 13.3. The number of benzene rings is 1. The van der Waals surface area contributed by atoms with Crippen LogP contribution in [-0.2, 0) is 9.59 Å². The molecule has 0 radical (unpaired) electrons. The molecule has 5 rings (SSSR count). The van der Waals surface area contributed by atoms with E-state index in [-0.39, 0.29) is 10.8 Å². The molecule has 1 aromatic carbocycles. The zero-order chi connectivity index (χ0) is 20.1. The van der Waals surface area contributed by atoms with E-state index >= 15 is 0 Å². The Kier molecular flexibility index (Phi) is 4.95. The molecule has 2 nitrogen and oxygen atoms in total. The molecule has 3 heteroatoms. The molecule has 4 aliphatic rings. The molecule has 4 atom stereocenters. The van der Waals surface area contributed by atoms with E-state index in [1.54, 1.807) is 5.57 Å². The van der Waals surface area contributed by atoms with E-state index in [9.17, 15) is 9.59 Å². The zero-order valence-electron chi connectivity index (χ0n) is 17.3. The Labute approximate surface area is 180 Å². The molecule has 0 saturated heterocycles. The minimum atomic E-state index is -0.130. The fourth-order valence-corrected chi connectivity index (χ4v) is 8.92. The Hall–Kier alpha value is -1.44. The maximum absolute atomic E-state index is 12.7. The molecule has 4 aliphatic carbocycles. The van der Waals surface area contributed by atoms with Gasteiger partial charge in [-0.1, -0.05) is 0 Å². The molecule has 2 unspecified atom stereocenters. The molecule has 152 valence electrons. The van der Waals surface area contributed by atoms with Crippen molar-refractivity contribution in [1.29, 1.82) is 0 Å². The Morgan fingerprint density at radius 3 is 2.72 bits per heavy atom. The summed E-state index contributed by atoms with van der Waals surface area (Å²) in [4.78, 5) is 24.9. The SMILES string of the molecule is C[C@]12CC=C3C(CCC4=CC(=O)CC[C@@]43CC[Se]c3ccccc3)C1CCC2=O. The summed E-state index contributed by atoms with van der Waals surface area (Å²) in [7, 11) is 0. The Morgan fingerprint density at radius 2 is 1.90 bits per heavy atom. The molecular formula is C26H30O2Se. The fourth-order valence-electron chi connectivity index (χ4n) is 6.75. The minimum absolute atomic E-state index is 0.0975. The number of carbonyl (C=O) groups is 2. The number of ketones is 2. The van der Waals surface area contributed by atoms with Crippen LogP contribution in [0, 0.1) is 22.7 Å². The second-order valence-corrected chi connectivity index (χ2v) is 12.1. The van der Waals surface area contributed by atoms with Crippen molar-refractivity contribution in [1.82, 2.24) is 0 Å². The standard InChI is InChI=1S/C26H30O2Se/c1-25-13-12-23-21(22(25)9-10-24(25)28)8-7-18-17-19(27)11-14-26(18,23)15-16-29-20-5-3-2-4-6-20/h2-6,12,17,21-22H,7-11,13-16H2,1H3/t21?,22?,25-,26+/m0/s1. The van der Waals surface area contributed by atoms with Gasteiger partial charge in [-0.15, -0.1) is 0 Å². The van der Waals surface area contributed by atoms with Gasteiger partial charge in [-0.25, -0.2) is 0 Å². The van der Waals surface area contributed by atoms with Gasteiger partial charge in [0.1, 0.15) is 0 Å². The maximum atomic E-state index is 12.7. The third kappa shape index (κ3) is 3.13. The molecule has 2 fully saturated rings.